The molecule has 752 valence electrons. The third-order valence-electron chi connectivity index (χ3n) is 25.7. The SMILES string of the molecule is COc1cc2cc(c1Cl)N(C)C(=O)C[C@H](OC(=O)[C@H](C)N(C)C(=O)CCSSC[C@H](NC(=O)[C@@H]1CSSC[C@H](NC(=O)[C@@H](Cc3ccccc3)NC(=O)NCCC(c3ccccc3)c3ccccc3)C(=O)C[C@@H](Cc3ccc(O)cc3)C(=O)N[C@H](CC3=CCc4ccccc43)C(=O)N[C@@H](CCCCN)C(=O)N[C@@H]([C@@H](C)O)C(=O)N1)C(N)=O)[C@]1(C)O[C@H]1[C@H](C)[C@@H]1C[C@@](O)(NC(=O)O1)[C@H](OC)/C=C/C=C(\C)C2. The zero-order valence-corrected chi connectivity index (χ0v) is 83.7. The third-order valence-corrected chi connectivity index (χ3v) is 30.9. The Hall–Kier alpha value is -11.5. The topological polar surface area (TPSA) is 499 Å². The molecule has 12 amide bonds. The number of methoxy groups -OCH3 is 2. The molecule has 1 aliphatic carbocycles. The summed E-state index contributed by atoms with van der Waals surface area (Å²) in [6, 6.07) is 32.6. The van der Waals surface area contributed by atoms with Gasteiger partial charge in [-0.25, -0.2) is 14.4 Å². The maximum atomic E-state index is 15.7. The first-order valence-corrected chi connectivity index (χ1v) is 51.9. The molecule has 140 heavy (non-hydrogen) atoms. The predicted octanol–water partition coefficient (Wildman–Crippen LogP) is 8.27. The number of aromatic hydroxyl groups is 1. The highest BCUT2D eigenvalue weighted by molar-refractivity contribution is 8.77. The Labute approximate surface area is 835 Å². The van der Waals surface area contributed by atoms with Gasteiger partial charge in [0.05, 0.1) is 37.5 Å². The molecule has 16 N–H and O–H groups in total. The first-order chi connectivity index (χ1) is 67.0. The summed E-state index contributed by atoms with van der Waals surface area (Å²) in [7, 11) is 9.73. The van der Waals surface area contributed by atoms with Crippen LogP contribution in [0, 0.1) is 11.8 Å². The number of carbonyl (C=O) groups is 13. The number of nitrogens with zero attached hydrogens (tertiary/aromatic N) is 2. The summed E-state index contributed by atoms with van der Waals surface area (Å²) in [4.78, 5) is 194. The Bertz CT molecular complexity index is 5420. The number of ether oxygens (including phenoxy) is 5. The van der Waals surface area contributed by atoms with Crippen molar-refractivity contribution in [2.75, 3.05) is 69.3 Å². The van der Waals surface area contributed by atoms with Crippen LogP contribution in [-0.4, -0.2) is 252 Å². The summed E-state index contributed by atoms with van der Waals surface area (Å²) >= 11 is 6.92. The fraction of sp³-hybridized carbons (Fsp3) is 0.455. The predicted molar refractivity (Wildman–Crippen MR) is 538 cm³/mol. The number of hydrogen-bond donors (Lipinski definition) is 14. The van der Waals surface area contributed by atoms with E-state index in [0.717, 1.165) is 75.9 Å². The molecule has 0 radical (unpaired) electrons. The van der Waals surface area contributed by atoms with Crippen molar-refractivity contribution >= 4 is 143 Å². The standard InChI is InChI=1S/C101H126ClN13O21S4/c1-58-24-23-34-83(133-9)101(131)54-82(134-99(130)113-101)59(2)89-100(5,136-89)84(53-86(120)115(7)79-49-64(46-58)50-81(132-8)87(79)102)135-97(128)60(3)114(6)85(119)42-45-137-138-56-77(90(104)121)109-95(126)78-57-140-139-55-76(108-93(124)74(48-62-25-13-10-14-26-62)111-98(129)105-44-41-72(65-27-15-11-16-28-65)66-29-17-12-18-30-66)80(118)52-69(47-63-35-39-70(117)40-36-63)91(122)107-75(51-68-38-37-67-31-19-20-32-71(67)68)94(125)106-73(33-21-22-43-103)92(123)112-88(61(4)116)96(127)110-78/h10-20,23-32,34-36,38-40,49-50,59-61,69,72-78,82-84,88-89,116-117,131H,21-22,33,37,41-48,51-57,103H2,1-9H3,(H2,104,121)(H,106,125)(H,107,122)(H,108,124)(H,109,126)(H,110,127)(H,112,123)(H,113,130)(H2,105,111,129)/b34-23+,58-24+/t59-,60+,61-,69-,73+,74-,75-,76+,77+,78+,82+,83-,84+,88+,89+,100+,101+/m1/s1. The second-order valence-corrected chi connectivity index (χ2v) is 41.4. The lowest BCUT2D eigenvalue weighted by Gasteiger charge is -2.42. The summed E-state index contributed by atoms with van der Waals surface area (Å²) in [5, 5.41) is 58.9. The summed E-state index contributed by atoms with van der Waals surface area (Å²) in [5.74, 6) is -12.1. The number of esters is 1. The zero-order valence-electron chi connectivity index (χ0n) is 79.7. The number of unbranched alkanes of at least 4 members (excludes halogenated alkanes) is 1. The Morgan fingerprint density at radius 3 is 2.11 bits per heavy atom. The van der Waals surface area contributed by atoms with Gasteiger partial charge in [-0.1, -0.05) is 219 Å². The molecule has 34 nitrogen and oxygen atoms in total. The van der Waals surface area contributed by atoms with E-state index in [0.29, 0.717) is 47.9 Å². The van der Waals surface area contributed by atoms with Crippen LogP contribution in [0.2, 0.25) is 5.02 Å². The van der Waals surface area contributed by atoms with E-state index in [1.165, 1.54) is 59.2 Å². The van der Waals surface area contributed by atoms with Crippen molar-refractivity contribution in [2.24, 2.45) is 23.3 Å². The molecule has 39 heteroatoms. The number of carbonyl (C=O) groups excluding carboxylic acids is 13. The number of epoxide rings is 1. The number of fused-ring (bicyclic) bond motifs is 6. The average Bonchev–Trinajstić information content (AvgIpc) is 1.57. The van der Waals surface area contributed by atoms with Gasteiger partial charge in [0.25, 0.3) is 0 Å². The van der Waals surface area contributed by atoms with Crippen molar-refractivity contribution in [3.63, 3.8) is 0 Å². The second-order valence-electron chi connectivity index (χ2n) is 35.9. The van der Waals surface area contributed by atoms with Crippen LogP contribution in [0.25, 0.3) is 5.57 Å². The number of phenols is 1. The minimum Gasteiger partial charge on any atom is -0.508 e. The second kappa shape index (κ2) is 51.8. The van der Waals surface area contributed by atoms with E-state index in [9.17, 15) is 53.7 Å². The summed E-state index contributed by atoms with van der Waals surface area (Å²) in [5.41, 5.74) is 16.0. The van der Waals surface area contributed by atoms with Gasteiger partial charge < -0.3 is 103 Å². The molecule has 4 bridgehead atoms. The molecule has 3 saturated heterocycles. The largest absolute Gasteiger partial charge is 0.508 e. The minimum absolute atomic E-state index is 0.0534. The number of primary amides is 1. The van der Waals surface area contributed by atoms with Crippen LogP contribution in [0.5, 0.6) is 11.5 Å². The lowest BCUT2D eigenvalue weighted by Crippen LogP contribution is -2.63. The lowest BCUT2D eigenvalue weighted by molar-refractivity contribution is -0.162. The van der Waals surface area contributed by atoms with Gasteiger partial charge in [0.2, 0.25) is 53.2 Å². The molecular weight excluding hydrogens is 1890 g/mol. The lowest BCUT2D eigenvalue weighted by atomic mass is 9.83. The number of ketones is 1. The van der Waals surface area contributed by atoms with Gasteiger partial charge in [0, 0.05) is 101 Å². The number of nitrogens with one attached hydrogen (secondary N) is 9. The van der Waals surface area contributed by atoms with Gasteiger partial charge >= 0.3 is 18.1 Å². The van der Waals surface area contributed by atoms with Crippen molar-refractivity contribution in [1.82, 2.24) is 52.8 Å². The van der Waals surface area contributed by atoms with Crippen molar-refractivity contribution < 1.29 is 101 Å². The monoisotopic (exact) mass is 2020 g/mol. The van der Waals surface area contributed by atoms with E-state index in [-0.39, 0.29) is 103 Å². The number of amides is 12. The van der Waals surface area contributed by atoms with E-state index in [1.54, 1.807) is 80.6 Å². The highest BCUT2D eigenvalue weighted by Crippen LogP contribution is 2.50. The normalized spacial score (nSPS) is 24.9. The zero-order chi connectivity index (χ0) is 101. The van der Waals surface area contributed by atoms with E-state index >= 15 is 24.0 Å². The van der Waals surface area contributed by atoms with Crippen molar-refractivity contribution in [1.29, 1.82) is 0 Å². The fourth-order valence-electron chi connectivity index (χ4n) is 17.3. The number of likely N-dealkylation sites (N-methyl/N-ethyl adjacent to an activating group) is 1. The van der Waals surface area contributed by atoms with Gasteiger partial charge in [-0.15, -0.1) is 0 Å². The third kappa shape index (κ3) is 30.1. The number of allylic oxidation sites excluding steroid dienone is 4. The number of urea groups is 1. The quantitative estimate of drug-likeness (QED) is 0.00797. The molecule has 11 rings (SSSR count). The highest BCUT2D eigenvalue weighted by Gasteiger charge is 2.65. The highest BCUT2D eigenvalue weighted by atomic mass is 35.5. The van der Waals surface area contributed by atoms with Crippen molar-refractivity contribution in [2.45, 2.75) is 214 Å². The number of alkyl carbamates (subject to hydrolysis) is 1. The number of aliphatic hydroxyl groups is 2. The van der Waals surface area contributed by atoms with Gasteiger partial charge in [-0.05, 0) is 148 Å². The number of phenolic OH excluding ortho intramolecular Hbond substituents is 1. The van der Waals surface area contributed by atoms with Gasteiger partial charge in [-0.2, -0.15) is 0 Å². The summed E-state index contributed by atoms with van der Waals surface area (Å²) < 4.78 is 29.8. The Morgan fingerprint density at radius 1 is 0.779 bits per heavy atom. The molecule has 0 spiro atoms. The van der Waals surface area contributed by atoms with E-state index in [2.05, 4.69) is 47.9 Å². The minimum atomic E-state index is -1.96. The van der Waals surface area contributed by atoms with Crippen molar-refractivity contribution in [3.05, 3.63) is 226 Å². The Balaban J connectivity index is 0.820. The van der Waals surface area contributed by atoms with Crippen LogP contribution < -0.4 is 69.0 Å². The van der Waals surface area contributed by atoms with Crippen LogP contribution >= 0.6 is 54.8 Å². The van der Waals surface area contributed by atoms with Crippen molar-refractivity contribution in [3.8, 4) is 11.5 Å². The number of benzene rings is 6. The smallest absolute Gasteiger partial charge is 0.409 e. The number of halogens is 1. The van der Waals surface area contributed by atoms with E-state index < -0.39 is 198 Å². The van der Waals surface area contributed by atoms with E-state index in [1.807, 2.05) is 104 Å². The Morgan fingerprint density at radius 2 is 1.44 bits per heavy atom. The maximum absolute atomic E-state index is 15.7. The van der Waals surface area contributed by atoms with Crippen LogP contribution in [0.1, 0.15) is 137 Å². The molecule has 4 aliphatic heterocycles. The Kier molecular flexibility index (Phi) is 40.3. The number of hydrogen-bond acceptors (Lipinski definition) is 26. The molecule has 6 aromatic carbocycles. The first-order valence-electron chi connectivity index (χ1n) is 46.6. The molecule has 17 atom stereocenters. The van der Waals surface area contributed by atoms with Crippen LogP contribution in [0.15, 0.2) is 182 Å². The average molecular weight is 2020 g/mol. The van der Waals surface area contributed by atoms with Crippen LogP contribution in [-0.2, 0) is 97.4 Å². The summed E-state index contributed by atoms with van der Waals surface area (Å²) in [6.07, 6.45) is 0.242. The van der Waals surface area contributed by atoms with Gasteiger partial charge in [0.1, 0.15) is 82.7 Å². The van der Waals surface area contributed by atoms with Gasteiger partial charge in [0.15, 0.2) is 11.5 Å². The van der Waals surface area contributed by atoms with Gasteiger partial charge in [-0.3, -0.25) is 53.3 Å². The molecule has 4 heterocycles. The van der Waals surface area contributed by atoms with Crippen LogP contribution in [0.3, 0.4) is 0 Å². The number of rotatable bonds is 33. The molecule has 5 aliphatic rings. The molecule has 0 saturated carbocycles. The number of aliphatic hydroxyl groups excluding tert-OH is 1. The molecule has 6 aromatic rings. The van der Waals surface area contributed by atoms with Crippen LogP contribution in [0.4, 0.5) is 15.3 Å². The first kappa shape index (κ1) is 109. The fourth-order valence-corrected chi connectivity index (χ4v) is 22.2. The summed E-state index contributed by atoms with van der Waals surface area (Å²) in [6.45, 7) is 8.24. The van der Waals surface area contributed by atoms with E-state index in [4.69, 9.17) is 46.8 Å². The molecule has 0 unspecified atom stereocenters. The molecule has 3 fully saturated rings. The molecular formula is C101H126ClN13O21S4. The number of Topliss-reactive ketones (excluding diaryl/α,β-unsaturated/α-hetero) is 1. The maximum Gasteiger partial charge on any atom is 0.409 e. The number of nitrogens with two attached hydrogens (primary N) is 2. The number of anilines is 1. The molecule has 0 aromatic heterocycles.